The summed E-state index contributed by atoms with van der Waals surface area (Å²) in [5.74, 6) is -0.612. The van der Waals surface area contributed by atoms with Crippen molar-refractivity contribution < 1.29 is 25.2 Å². The molecule has 0 radical (unpaired) electrons. The first-order valence-electron chi connectivity index (χ1n) is 23.0. The predicted molar refractivity (Wildman–Crippen MR) is 233 cm³/mol. The molecule has 0 fully saturated rings. The van der Waals surface area contributed by atoms with Crippen molar-refractivity contribution in [2.45, 2.75) is 244 Å². The van der Waals surface area contributed by atoms with E-state index in [-0.39, 0.29) is 0 Å². The van der Waals surface area contributed by atoms with Crippen LogP contribution in [-0.4, -0.2) is 57.3 Å². The number of unbranched alkanes of at least 4 members (excludes halogenated alkanes) is 24. The molecule has 0 aromatic rings. The summed E-state index contributed by atoms with van der Waals surface area (Å²) >= 11 is 0. The minimum atomic E-state index is -1.30. The second kappa shape index (κ2) is 42.4. The molecule has 1 amide bonds. The van der Waals surface area contributed by atoms with Crippen LogP contribution < -0.4 is 5.32 Å². The van der Waals surface area contributed by atoms with Gasteiger partial charge in [-0.15, -0.1) is 0 Å². The van der Waals surface area contributed by atoms with Gasteiger partial charge in [-0.05, 0) is 89.9 Å². The first-order chi connectivity index (χ1) is 26.5. The van der Waals surface area contributed by atoms with Crippen molar-refractivity contribution >= 4 is 5.91 Å². The molecule has 0 aliphatic rings. The van der Waals surface area contributed by atoms with Gasteiger partial charge in [0.15, 0.2) is 0 Å². The van der Waals surface area contributed by atoms with E-state index in [1.165, 1.54) is 116 Å². The highest BCUT2D eigenvalue weighted by atomic mass is 16.3. The van der Waals surface area contributed by atoms with E-state index in [1.807, 2.05) is 0 Å². The molecule has 6 nitrogen and oxygen atoms in total. The van der Waals surface area contributed by atoms with Gasteiger partial charge in [0, 0.05) is 0 Å². The second-order valence-corrected chi connectivity index (χ2v) is 15.7. The topological polar surface area (TPSA) is 110 Å². The van der Waals surface area contributed by atoms with Gasteiger partial charge in [0.25, 0.3) is 0 Å². The van der Waals surface area contributed by atoms with E-state index in [2.05, 4.69) is 67.8 Å². The highest BCUT2D eigenvalue weighted by molar-refractivity contribution is 5.80. The Hall–Kier alpha value is -1.73. The minimum Gasteiger partial charge on any atom is -0.394 e. The fourth-order valence-corrected chi connectivity index (χ4v) is 6.78. The number of rotatable bonds is 41. The number of carbonyl (C=O) groups excluding carboxylic acids is 1. The summed E-state index contributed by atoms with van der Waals surface area (Å²) in [7, 11) is 0. The molecule has 0 rings (SSSR count). The lowest BCUT2D eigenvalue weighted by Crippen LogP contribution is -2.53. The van der Waals surface area contributed by atoms with Crippen LogP contribution in [0.25, 0.3) is 0 Å². The van der Waals surface area contributed by atoms with Crippen LogP contribution in [0.1, 0.15) is 219 Å². The Bertz CT molecular complexity index is 900. The molecule has 4 atom stereocenters. The number of carbonyl (C=O) groups is 1. The normalized spacial score (nSPS) is 14.6. The second-order valence-electron chi connectivity index (χ2n) is 15.7. The largest absolute Gasteiger partial charge is 0.394 e. The van der Waals surface area contributed by atoms with Gasteiger partial charge in [-0.2, -0.15) is 0 Å². The van der Waals surface area contributed by atoms with Gasteiger partial charge in [0.05, 0.1) is 18.8 Å². The molecule has 54 heavy (non-hydrogen) atoms. The van der Waals surface area contributed by atoms with Gasteiger partial charge in [0.2, 0.25) is 5.91 Å². The van der Waals surface area contributed by atoms with Gasteiger partial charge in [-0.25, -0.2) is 0 Å². The van der Waals surface area contributed by atoms with Crippen molar-refractivity contribution in [2.75, 3.05) is 6.61 Å². The summed E-state index contributed by atoms with van der Waals surface area (Å²) in [5.41, 5.74) is 0. The average molecular weight is 760 g/mol. The summed E-state index contributed by atoms with van der Waals surface area (Å²) in [6.07, 6.45) is 51.6. The SMILES string of the molecule is CCCCC/C=C\CCCCCCC(O)C(=O)NC(CO)C(O)C(O)CCC/C=C/CC/C=C/CC/C=C/CCCCCCCCCCCCCCCC. The number of hydrogen-bond donors (Lipinski definition) is 5. The molecule has 0 spiro atoms. The van der Waals surface area contributed by atoms with E-state index in [9.17, 15) is 25.2 Å². The Morgan fingerprint density at radius 2 is 0.778 bits per heavy atom. The smallest absolute Gasteiger partial charge is 0.249 e. The molecule has 5 N–H and O–H groups in total. The average Bonchev–Trinajstić information content (AvgIpc) is 3.18. The van der Waals surface area contributed by atoms with E-state index in [1.54, 1.807) is 0 Å². The van der Waals surface area contributed by atoms with E-state index in [0.29, 0.717) is 19.3 Å². The Kier molecular flexibility index (Phi) is 41.1. The van der Waals surface area contributed by atoms with E-state index >= 15 is 0 Å². The third-order valence-electron chi connectivity index (χ3n) is 10.5. The summed E-state index contributed by atoms with van der Waals surface area (Å²) in [6.45, 7) is 3.99. The van der Waals surface area contributed by atoms with Crippen LogP contribution in [0.4, 0.5) is 0 Å². The maximum absolute atomic E-state index is 12.4. The molecule has 316 valence electrons. The van der Waals surface area contributed by atoms with Crippen molar-refractivity contribution in [3.63, 3.8) is 0 Å². The van der Waals surface area contributed by atoms with E-state index in [0.717, 1.165) is 70.6 Å². The number of aliphatic hydroxyl groups is 4. The molecule has 0 saturated heterocycles. The first kappa shape index (κ1) is 52.3. The predicted octanol–water partition coefficient (Wildman–Crippen LogP) is 12.3. The monoisotopic (exact) mass is 760 g/mol. The molecule has 0 aliphatic heterocycles. The van der Waals surface area contributed by atoms with Crippen LogP contribution in [0, 0.1) is 0 Å². The van der Waals surface area contributed by atoms with E-state index < -0.39 is 36.9 Å². The van der Waals surface area contributed by atoms with Crippen LogP contribution in [0.3, 0.4) is 0 Å². The van der Waals surface area contributed by atoms with Crippen LogP contribution in [0.5, 0.6) is 0 Å². The molecule has 0 heterocycles. The number of allylic oxidation sites excluding steroid dienone is 8. The molecule has 4 unspecified atom stereocenters. The highest BCUT2D eigenvalue weighted by Gasteiger charge is 2.28. The van der Waals surface area contributed by atoms with Gasteiger partial charge in [-0.3, -0.25) is 4.79 Å². The standard InChI is InChI=1S/C48H89NO5/c1-3-5-7-9-11-13-15-16-17-18-19-20-21-22-23-24-25-26-27-28-29-30-32-33-35-37-39-41-45(51)47(53)44(43-50)49-48(54)46(52)42-40-38-36-34-31-14-12-10-8-6-4-2/h12,14,24-25,28-29,33,35,44-47,50-53H,3-11,13,15-23,26-27,30-32,34,36-43H2,1-2H3,(H,49,54)/b14-12-,25-24+,29-28+,35-33+. The molecular formula is C48H89NO5. The zero-order valence-corrected chi connectivity index (χ0v) is 35.5. The Labute approximate surface area is 334 Å². The summed E-state index contributed by atoms with van der Waals surface area (Å²) < 4.78 is 0. The molecule has 0 aromatic heterocycles. The van der Waals surface area contributed by atoms with Crippen molar-refractivity contribution in [1.29, 1.82) is 0 Å². The zero-order valence-electron chi connectivity index (χ0n) is 35.5. The molecule has 0 bridgehead atoms. The van der Waals surface area contributed by atoms with Crippen molar-refractivity contribution in [3.05, 3.63) is 48.6 Å². The third kappa shape index (κ3) is 35.9. The molecular weight excluding hydrogens is 671 g/mol. The molecule has 6 heteroatoms. The third-order valence-corrected chi connectivity index (χ3v) is 10.5. The number of aliphatic hydroxyl groups excluding tert-OH is 4. The maximum atomic E-state index is 12.4. The fraction of sp³-hybridized carbons (Fsp3) is 0.812. The zero-order chi connectivity index (χ0) is 39.6. The van der Waals surface area contributed by atoms with Crippen LogP contribution in [-0.2, 0) is 4.79 Å². The van der Waals surface area contributed by atoms with Gasteiger partial charge >= 0.3 is 0 Å². The molecule has 0 aliphatic carbocycles. The van der Waals surface area contributed by atoms with E-state index in [4.69, 9.17) is 0 Å². The van der Waals surface area contributed by atoms with Crippen molar-refractivity contribution in [3.8, 4) is 0 Å². The Morgan fingerprint density at radius 1 is 0.444 bits per heavy atom. The lowest BCUT2D eigenvalue weighted by Gasteiger charge is -2.27. The fourth-order valence-electron chi connectivity index (χ4n) is 6.78. The van der Waals surface area contributed by atoms with Crippen LogP contribution in [0.2, 0.25) is 0 Å². The lowest BCUT2D eigenvalue weighted by molar-refractivity contribution is -0.132. The Morgan fingerprint density at radius 3 is 1.20 bits per heavy atom. The maximum Gasteiger partial charge on any atom is 0.249 e. The number of amides is 1. The summed E-state index contributed by atoms with van der Waals surface area (Å²) in [4.78, 5) is 12.4. The molecule has 0 saturated carbocycles. The summed E-state index contributed by atoms with van der Waals surface area (Å²) in [6, 6.07) is -1.02. The van der Waals surface area contributed by atoms with Gasteiger partial charge in [-0.1, -0.05) is 178 Å². The summed E-state index contributed by atoms with van der Waals surface area (Å²) in [5, 5.41) is 43.5. The molecule has 0 aromatic carbocycles. The van der Waals surface area contributed by atoms with Crippen molar-refractivity contribution in [1.82, 2.24) is 5.32 Å². The quantitative estimate of drug-likeness (QED) is 0.0315. The number of hydrogen-bond acceptors (Lipinski definition) is 5. The van der Waals surface area contributed by atoms with Crippen LogP contribution >= 0.6 is 0 Å². The number of nitrogens with one attached hydrogen (secondary N) is 1. The van der Waals surface area contributed by atoms with Gasteiger partial charge in [0.1, 0.15) is 12.2 Å². The lowest BCUT2D eigenvalue weighted by atomic mass is 10.00. The first-order valence-corrected chi connectivity index (χ1v) is 23.0. The minimum absolute atomic E-state index is 0.342. The van der Waals surface area contributed by atoms with Crippen molar-refractivity contribution in [2.24, 2.45) is 0 Å². The Balaban J connectivity index is 3.77. The highest BCUT2D eigenvalue weighted by Crippen LogP contribution is 2.15. The van der Waals surface area contributed by atoms with Crippen LogP contribution in [0.15, 0.2) is 48.6 Å². The van der Waals surface area contributed by atoms with Gasteiger partial charge < -0.3 is 25.7 Å².